The largest absolute Gasteiger partial charge is 0.481 e. The van der Waals surface area contributed by atoms with Crippen LogP contribution in [0.2, 0.25) is 0 Å². The van der Waals surface area contributed by atoms with Crippen molar-refractivity contribution in [2.24, 2.45) is 0 Å². The Balaban J connectivity index is 2.00. The monoisotopic (exact) mass is 294 g/mol. The van der Waals surface area contributed by atoms with E-state index >= 15 is 0 Å². The van der Waals surface area contributed by atoms with Gasteiger partial charge >= 0.3 is 5.97 Å². The fourth-order valence-corrected chi connectivity index (χ4v) is 2.76. The van der Waals surface area contributed by atoms with Gasteiger partial charge < -0.3 is 10.4 Å². The van der Waals surface area contributed by atoms with E-state index in [4.69, 9.17) is 5.11 Å². The second-order valence-electron chi connectivity index (χ2n) is 3.89. The summed E-state index contributed by atoms with van der Waals surface area (Å²) in [7, 11) is 0. The number of aryl methyl sites for hydroxylation is 1. The standard InChI is InChI=1S/C13H14N2O2S2/c1-18-11-4-2-3-9(7-11)14-13-15-10(8-19-13)5-6-12(16)17/h2-4,7-8H,5-6H2,1H3,(H,14,15)(H,16,17). The molecular weight excluding hydrogens is 280 g/mol. The molecule has 0 saturated heterocycles. The smallest absolute Gasteiger partial charge is 0.303 e. The molecule has 2 rings (SSSR count). The van der Waals surface area contributed by atoms with Gasteiger partial charge in [-0.3, -0.25) is 4.79 Å². The molecule has 0 atom stereocenters. The summed E-state index contributed by atoms with van der Waals surface area (Å²) in [6, 6.07) is 8.09. The second kappa shape index (κ2) is 6.58. The third-order valence-corrected chi connectivity index (χ3v) is 4.00. The van der Waals surface area contributed by atoms with Crippen molar-refractivity contribution in [2.45, 2.75) is 17.7 Å². The van der Waals surface area contributed by atoms with E-state index in [0.29, 0.717) is 6.42 Å². The number of carbonyl (C=O) groups is 1. The predicted molar refractivity (Wildman–Crippen MR) is 79.6 cm³/mol. The summed E-state index contributed by atoms with van der Waals surface area (Å²) in [5.41, 5.74) is 1.81. The molecule has 0 amide bonds. The van der Waals surface area contributed by atoms with Gasteiger partial charge in [-0.1, -0.05) is 6.07 Å². The fraction of sp³-hybridized carbons (Fsp3) is 0.231. The van der Waals surface area contributed by atoms with Gasteiger partial charge in [0, 0.05) is 22.4 Å². The number of nitrogens with zero attached hydrogens (tertiary/aromatic N) is 1. The molecule has 6 heteroatoms. The van der Waals surface area contributed by atoms with Gasteiger partial charge in [0.2, 0.25) is 0 Å². The molecule has 1 aromatic heterocycles. The second-order valence-corrected chi connectivity index (χ2v) is 5.63. The highest BCUT2D eigenvalue weighted by Gasteiger charge is 2.05. The fourth-order valence-electron chi connectivity index (χ4n) is 1.54. The van der Waals surface area contributed by atoms with Crippen molar-refractivity contribution >= 4 is 39.9 Å². The first kappa shape index (κ1) is 13.9. The number of aliphatic carboxylic acids is 1. The number of carboxylic acid groups (broad SMARTS) is 1. The van der Waals surface area contributed by atoms with E-state index in [2.05, 4.69) is 22.4 Å². The molecule has 19 heavy (non-hydrogen) atoms. The van der Waals surface area contributed by atoms with Crippen molar-refractivity contribution in [3.05, 3.63) is 35.3 Å². The highest BCUT2D eigenvalue weighted by molar-refractivity contribution is 7.98. The van der Waals surface area contributed by atoms with Crippen LogP contribution in [0.3, 0.4) is 0 Å². The van der Waals surface area contributed by atoms with Crippen LogP contribution in [0.4, 0.5) is 10.8 Å². The summed E-state index contributed by atoms with van der Waals surface area (Å²) in [5.74, 6) is -0.796. The maximum Gasteiger partial charge on any atom is 0.303 e. The van der Waals surface area contributed by atoms with Crippen LogP contribution in [0, 0.1) is 0 Å². The SMILES string of the molecule is CSc1cccc(Nc2nc(CCC(=O)O)cs2)c1. The Morgan fingerprint density at radius 1 is 1.53 bits per heavy atom. The number of nitrogens with one attached hydrogen (secondary N) is 1. The lowest BCUT2D eigenvalue weighted by Crippen LogP contribution is -1.98. The lowest BCUT2D eigenvalue weighted by Gasteiger charge is -2.03. The van der Waals surface area contributed by atoms with Gasteiger partial charge in [-0.05, 0) is 24.5 Å². The summed E-state index contributed by atoms with van der Waals surface area (Å²) < 4.78 is 0. The van der Waals surface area contributed by atoms with E-state index in [9.17, 15) is 4.79 Å². The van der Waals surface area contributed by atoms with Crippen molar-refractivity contribution < 1.29 is 9.90 Å². The van der Waals surface area contributed by atoms with Gasteiger partial charge in [-0.2, -0.15) is 0 Å². The molecule has 0 aliphatic heterocycles. The number of aromatic nitrogens is 1. The van der Waals surface area contributed by atoms with Crippen LogP contribution < -0.4 is 5.32 Å². The molecule has 2 aromatic rings. The number of carboxylic acids is 1. The molecule has 4 nitrogen and oxygen atoms in total. The highest BCUT2D eigenvalue weighted by Crippen LogP contribution is 2.24. The van der Waals surface area contributed by atoms with Crippen molar-refractivity contribution in [3.63, 3.8) is 0 Å². The van der Waals surface area contributed by atoms with E-state index in [1.165, 1.54) is 16.2 Å². The quantitative estimate of drug-likeness (QED) is 0.797. The van der Waals surface area contributed by atoms with E-state index in [0.717, 1.165) is 16.5 Å². The summed E-state index contributed by atoms with van der Waals surface area (Å²) >= 11 is 3.18. The Kier molecular flexibility index (Phi) is 4.81. The zero-order chi connectivity index (χ0) is 13.7. The Hall–Kier alpha value is -1.53. The third-order valence-electron chi connectivity index (χ3n) is 2.47. The van der Waals surface area contributed by atoms with Crippen LogP contribution in [-0.4, -0.2) is 22.3 Å². The molecule has 0 bridgehead atoms. The van der Waals surface area contributed by atoms with Gasteiger partial charge in [0.15, 0.2) is 5.13 Å². The number of anilines is 2. The highest BCUT2D eigenvalue weighted by atomic mass is 32.2. The molecule has 0 unspecified atom stereocenters. The lowest BCUT2D eigenvalue weighted by atomic mass is 10.2. The maximum absolute atomic E-state index is 10.5. The van der Waals surface area contributed by atoms with Gasteiger partial charge in [0.05, 0.1) is 12.1 Å². The Morgan fingerprint density at radius 2 is 2.37 bits per heavy atom. The number of thiazole rings is 1. The zero-order valence-electron chi connectivity index (χ0n) is 10.4. The normalized spacial score (nSPS) is 10.4. The first-order valence-corrected chi connectivity index (χ1v) is 7.85. The van der Waals surface area contributed by atoms with Crippen molar-refractivity contribution in [1.82, 2.24) is 4.98 Å². The molecule has 1 heterocycles. The minimum absolute atomic E-state index is 0.116. The van der Waals surface area contributed by atoms with Gasteiger partial charge in [0.1, 0.15) is 0 Å². The van der Waals surface area contributed by atoms with E-state index < -0.39 is 5.97 Å². The van der Waals surface area contributed by atoms with Gasteiger partial charge in [0.25, 0.3) is 0 Å². The number of hydrogen-bond acceptors (Lipinski definition) is 5. The van der Waals surface area contributed by atoms with Crippen LogP contribution in [0.25, 0.3) is 0 Å². The number of thioether (sulfide) groups is 1. The predicted octanol–water partition coefficient (Wildman–Crippen LogP) is 3.63. The van der Waals surface area contributed by atoms with Gasteiger partial charge in [-0.15, -0.1) is 23.1 Å². The average molecular weight is 294 g/mol. The summed E-state index contributed by atoms with van der Waals surface area (Å²) in [6.45, 7) is 0. The molecule has 100 valence electrons. The number of benzene rings is 1. The minimum atomic E-state index is -0.796. The molecule has 0 aliphatic rings. The van der Waals surface area contributed by atoms with Crippen LogP contribution in [0.5, 0.6) is 0 Å². The first-order chi connectivity index (χ1) is 9.17. The molecule has 0 spiro atoms. The van der Waals surface area contributed by atoms with Crippen molar-refractivity contribution in [2.75, 3.05) is 11.6 Å². The van der Waals surface area contributed by atoms with Crippen LogP contribution in [0.15, 0.2) is 34.5 Å². The van der Waals surface area contributed by atoms with E-state index in [1.807, 2.05) is 23.8 Å². The maximum atomic E-state index is 10.5. The van der Waals surface area contributed by atoms with Crippen LogP contribution in [-0.2, 0) is 11.2 Å². The molecule has 0 saturated carbocycles. The average Bonchev–Trinajstić information content (AvgIpc) is 2.84. The van der Waals surface area contributed by atoms with Gasteiger partial charge in [-0.25, -0.2) is 4.98 Å². The molecular formula is C13H14N2O2S2. The van der Waals surface area contributed by atoms with Crippen LogP contribution >= 0.6 is 23.1 Å². The Labute approximate surface area is 119 Å². The molecule has 2 N–H and O–H groups in total. The van der Waals surface area contributed by atoms with Crippen molar-refractivity contribution in [3.8, 4) is 0 Å². The number of hydrogen-bond donors (Lipinski definition) is 2. The Bertz CT molecular complexity index is 569. The molecule has 0 aliphatic carbocycles. The van der Waals surface area contributed by atoms with E-state index in [1.54, 1.807) is 11.8 Å². The Morgan fingerprint density at radius 3 is 3.11 bits per heavy atom. The minimum Gasteiger partial charge on any atom is -0.481 e. The topological polar surface area (TPSA) is 62.2 Å². The molecule has 0 radical (unpaired) electrons. The summed E-state index contributed by atoms with van der Waals surface area (Å²) in [6.07, 6.45) is 2.62. The molecule has 0 fully saturated rings. The first-order valence-electron chi connectivity index (χ1n) is 5.74. The lowest BCUT2D eigenvalue weighted by molar-refractivity contribution is -0.136. The van der Waals surface area contributed by atoms with Crippen LogP contribution in [0.1, 0.15) is 12.1 Å². The summed E-state index contributed by atoms with van der Waals surface area (Å²) in [5, 5.41) is 14.5. The summed E-state index contributed by atoms with van der Waals surface area (Å²) in [4.78, 5) is 16.1. The van der Waals surface area contributed by atoms with E-state index in [-0.39, 0.29) is 6.42 Å². The number of rotatable bonds is 6. The molecule has 1 aromatic carbocycles. The third kappa shape index (κ3) is 4.25. The van der Waals surface area contributed by atoms with Crippen molar-refractivity contribution in [1.29, 1.82) is 0 Å². The zero-order valence-corrected chi connectivity index (χ0v) is 12.1.